The van der Waals surface area contributed by atoms with Crippen molar-refractivity contribution in [2.75, 3.05) is 6.54 Å². The van der Waals surface area contributed by atoms with Gasteiger partial charge in [-0.2, -0.15) is 0 Å². The van der Waals surface area contributed by atoms with Crippen molar-refractivity contribution in [2.24, 2.45) is 5.92 Å². The first-order valence-electron chi connectivity index (χ1n) is 7.46. The summed E-state index contributed by atoms with van der Waals surface area (Å²) in [6, 6.07) is 4.97. The Bertz CT molecular complexity index is 330. The molecule has 1 aromatic rings. The van der Waals surface area contributed by atoms with Crippen molar-refractivity contribution in [3.05, 3.63) is 30.1 Å². The smallest absolute Gasteiger partial charge is 0.0270 e. The Morgan fingerprint density at radius 1 is 1.28 bits per heavy atom. The van der Waals surface area contributed by atoms with Crippen molar-refractivity contribution >= 4 is 0 Å². The quantitative estimate of drug-likeness (QED) is 0.827. The summed E-state index contributed by atoms with van der Waals surface area (Å²) in [5.41, 5.74) is 1.42. The molecule has 2 atom stereocenters. The molecular weight excluding hydrogens is 220 g/mol. The van der Waals surface area contributed by atoms with E-state index in [1.807, 2.05) is 12.4 Å². The molecule has 0 aromatic carbocycles. The zero-order valence-electron chi connectivity index (χ0n) is 11.7. The monoisotopic (exact) mass is 246 g/mol. The maximum atomic E-state index is 4.13. The van der Waals surface area contributed by atoms with E-state index in [4.69, 9.17) is 0 Å². The van der Waals surface area contributed by atoms with Crippen LogP contribution < -0.4 is 5.32 Å². The summed E-state index contributed by atoms with van der Waals surface area (Å²) >= 11 is 0. The van der Waals surface area contributed by atoms with Crippen molar-refractivity contribution < 1.29 is 0 Å². The van der Waals surface area contributed by atoms with Crippen LogP contribution in [-0.2, 0) is 0 Å². The van der Waals surface area contributed by atoms with Gasteiger partial charge in [-0.05, 0) is 55.3 Å². The summed E-state index contributed by atoms with van der Waals surface area (Å²) in [5, 5.41) is 3.79. The molecular formula is C16H26N2. The summed E-state index contributed by atoms with van der Waals surface area (Å²) in [6.45, 7) is 5.74. The molecule has 1 aliphatic rings. The minimum absolute atomic E-state index is 0.586. The van der Waals surface area contributed by atoms with Crippen LogP contribution >= 0.6 is 0 Å². The predicted octanol–water partition coefficient (Wildman–Crippen LogP) is 3.74. The molecule has 1 heterocycles. The number of pyridine rings is 1. The molecule has 1 aliphatic carbocycles. The molecule has 0 aliphatic heterocycles. The van der Waals surface area contributed by atoms with E-state index >= 15 is 0 Å². The van der Waals surface area contributed by atoms with Crippen molar-refractivity contribution in [3.63, 3.8) is 0 Å². The lowest BCUT2D eigenvalue weighted by Crippen LogP contribution is -2.39. The molecule has 0 spiro atoms. The van der Waals surface area contributed by atoms with Gasteiger partial charge >= 0.3 is 0 Å². The number of aromatic nitrogens is 1. The lowest BCUT2D eigenvalue weighted by molar-refractivity contribution is 0.320. The van der Waals surface area contributed by atoms with Crippen LogP contribution in [0.15, 0.2) is 24.5 Å². The van der Waals surface area contributed by atoms with E-state index in [0.29, 0.717) is 12.0 Å². The third-order valence-corrected chi connectivity index (χ3v) is 4.31. The Morgan fingerprint density at radius 2 is 1.94 bits per heavy atom. The molecule has 1 fully saturated rings. The van der Waals surface area contributed by atoms with Gasteiger partial charge in [-0.15, -0.1) is 0 Å². The molecule has 100 valence electrons. The van der Waals surface area contributed by atoms with Gasteiger partial charge in [0.2, 0.25) is 0 Å². The Hall–Kier alpha value is -0.890. The van der Waals surface area contributed by atoms with Gasteiger partial charge < -0.3 is 5.32 Å². The molecule has 2 heteroatoms. The van der Waals surface area contributed by atoms with Gasteiger partial charge in [0.05, 0.1) is 0 Å². The Kier molecular flexibility index (Phi) is 5.18. The average Bonchev–Trinajstić information content (AvgIpc) is 2.94. The highest BCUT2D eigenvalue weighted by atomic mass is 14.9. The fourth-order valence-electron chi connectivity index (χ4n) is 3.25. The minimum atomic E-state index is 0.586. The molecule has 2 unspecified atom stereocenters. The summed E-state index contributed by atoms with van der Waals surface area (Å²) in [5.74, 6) is 1.45. The molecule has 0 bridgehead atoms. The van der Waals surface area contributed by atoms with Gasteiger partial charge in [-0.3, -0.25) is 4.98 Å². The van der Waals surface area contributed by atoms with Gasteiger partial charge in [-0.25, -0.2) is 0 Å². The predicted molar refractivity (Wildman–Crippen MR) is 76.7 cm³/mol. The molecule has 18 heavy (non-hydrogen) atoms. The van der Waals surface area contributed by atoms with Crippen LogP contribution in [0.3, 0.4) is 0 Å². The largest absolute Gasteiger partial charge is 0.313 e. The molecule has 1 aromatic heterocycles. The molecule has 0 amide bonds. The normalized spacial score (nSPS) is 19.9. The molecule has 2 rings (SSSR count). The van der Waals surface area contributed by atoms with Gasteiger partial charge in [0.1, 0.15) is 0 Å². The summed E-state index contributed by atoms with van der Waals surface area (Å²) in [7, 11) is 0. The number of hydrogen-bond acceptors (Lipinski definition) is 2. The fourth-order valence-corrected chi connectivity index (χ4v) is 3.25. The third kappa shape index (κ3) is 3.32. The van der Waals surface area contributed by atoms with Crippen LogP contribution in [0.2, 0.25) is 0 Å². The number of nitrogens with one attached hydrogen (secondary N) is 1. The second-order valence-corrected chi connectivity index (χ2v) is 5.59. The van der Waals surface area contributed by atoms with E-state index in [9.17, 15) is 0 Å². The highest BCUT2D eigenvalue weighted by Gasteiger charge is 2.29. The van der Waals surface area contributed by atoms with Crippen molar-refractivity contribution in [1.29, 1.82) is 0 Å². The minimum Gasteiger partial charge on any atom is -0.313 e. The number of hydrogen-bond donors (Lipinski definition) is 1. The van der Waals surface area contributed by atoms with Crippen molar-refractivity contribution in [3.8, 4) is 0 Å². The second-order valence-electron chi connectivity index (χ2n) is 5.59. The summed E-state index contributed by atoms with van der Waals surface area (Å²) in [4.78, 5) is 4.13. The third-order valence-electron chi connectivity index (χ3n) is 4.31. The van der Waals surface area contributed by atoms with E-state index in [2.05, 4.69) is 36.3 Å². The molecule has 1 saturated carbocycles. The molecule has 0 saturated heterocycles. The average molecular weight is 246 g/mol. The summed E-state index contributed by atoms with van der Waals surface area (Å²) < 4.78 is 0. The maximum absolute atomic E-state index is 4.13. The first-order valence-corrected chi connectivity index (χ1v) is 7.46. The molecule has 1 N–H and O–H groups in total. The Morgan fingerprint density at radius 3 is 2.56 bits per heavy atom. The topological polar surface area (TPSA) is 24.9 Å². The van der Waals surface area contributed by atoms with E-state index in [1.54, 1.807) is 0 Å². The summed E-state index contributed by atoms with van der Waals surface area (Å²) in [6.07, 6.45) is 10.7. The van der Waals surface area contributed by atoms with Crippen molar-refractivity contribution in [2.45, 2.75) is 57.9 Å². The van der Waals surface area contributed by atoms with Crippen LogP contribution in [0.5, 0.6) is 0 Å². The van der Waals surface area contributed by atoms with Gasteiger partial charge in [0, 0.05) is 18.4 Å². The SMILES string of the molecule is CCCNC(C1CCCC1)C(C)c1ccncc1. The molecule has 0 radical (unpaired) electrons. The fraction of sp³-hybridized carbons (Fsp3) is 0.688. The molecule has 2 nitrogen and oxygen atoms in total. The standard InChI is InChI=1S/C16H26N2/c1-3-10-18-16(15-6-4-5-7-15)13(2)14-8-11-17-12-9-14/h8-9,11-13,15-16,18H,3-7,10H2,1-2H3. The number of rotatable bonds is 6. The van der Waals surface area contributed by atoms with Crippen LogP contribution in [0.25, 0.3) is 0 Å². The van der Waals surface area contributed by atoms with Crippen LogP contribution in [0.4, 0.5) is 0 Å². The lowest BCUT2D eigenvalue weighted by Gasteiger charge is -2.31. The highest BCUT2D eigenvalue weighted by Crippen LogP contribution is 2.34. The van der Waals surface area contributed by atoms with E-state index < -0.39 is 0 Å². The lowest BCUT2D eigenvalue weighted by atomic mass is 9.84. The van der Waals surface area contributed by atoms with Gasteiger partial charge in [-0.1, -0.05) is 26.7 Å². The van der Waals surface area contributed by atoms with Crippen LogP contribution in [0, 0.1) is 5.92 Å². The van der Waals surface area contributed by atoms with Crippen LogP contribution in [0.1, 0.15) is 57.4 Å². The van der Waals surface area contributed by atoms with Gasteiger partial charge in [0.15, 0.2) is 0 Å². The van der Waals surface area contributed by atoms with E-state index in [1.165, 1.54) is 37.7 Å². The highest BCUT2D eigenvalue weighted by molar-refractivity contribution is 5.17. The maximum Gasteiger partial charge on any atom is 0.0270 e. The van der Waals surface area contributed by atoms with E-state index in [-0.39, 0.29) is 0 Å². The Labute approximate surface area is 111 Å². The van der Waals surface area contributed by atoms with E-state index in [0.717, 1.165) is 12.5 Å². The first-order chi connectivity index (χ1) is 8.83. The number of nitrogens with zero attached hydrogens (tertiary/aromatic N) is 1. The van der Waals surface area contributed by atoms with Gasteiger partial charge in [0.25, 0.3) is 0 Å². The second kappa shape index (κ2) is 6.89. The Balaban J connectivity index is 2.07. The zero-order chi connectivity index (χ0) is 12.8. The van der Waals surface area contributed by atoms with Crippen molar-refractivity contribution in [1.82, 2.24) is 10.3 Å². The zero-order valence-corrected chi connectivity index (χ0v) is 11.7. The first kappa shape index (κ1) is 13.5. The van der Waals surface area contributed by atoms with Crippen LogP contribution in [-0.4, -0.2) is 17.6 Å².